The van der Waals surface area contributed by atoms with Gasteiger partial charge in [0.2, 0.25) is 0 Å². The zero-order valence-corrected chi connectivity index (χ0v) is 12.0. The number of halogens is 1. The molecule has 4 heteroatoms. The lowest BCUT2D eigenvalue weighted by atomic mass is 10.0. The van der Waals surface area contributed by atoms with E-state index in [9.17, 15) is 4.79 Å². The first-order valence-electron chi connectivity index (χ1n) is 5.73. The Morgan fingerprint density at radius 3 is 3.11 bits per heavy atom. The summed E-state index contributed by atoms with van der Waals surface area (Å²) in [4.78, 5) is 12.1. The third-order valence-corrected chi connectivity index (χ3v) is 4.16. The molecule has 3 rings (SSSR count). The van der Waals surface area contributed by atoms with Gasteiger partial charge in [-0.3, -0.25) is 4.79 Å². The zero-order chi connectivity index (χ0) is 12.5. The lowest BCUT2D eigenvalue weighted by Crippen LogP contribution is -2.03. The van der Waals surface area contributed by atoms with Gasteiger partial charge in [-0.25, -0.2) is 0 Å². The molecule has 2 nitrogen and oxygen atoms in total. The van der Waals surface area contributed by atoms with Crippen LogP contribution in [0.15, 0.2) is 33.4 Å². The number of ether oxygens (including phenoxy) is 1. The van der Waals surface area contributed by atoms with Crippen LogP contribution in [0.3, 0.4) is 0 Å². The van der Waals surface area contributed by atoms with Crippen LogP contribution < -0.4 is 4.74 Å². The molecule has 0 unspecified atom stereocenters. The highest BCUT2D eigenvalue weighted by Gasteiger charge is 2.19. The van der Waals surface area contributed by atoms with Crippen molar-refractivity contribution in [3.05, 3.63) is 50.1 Å². The maximum Gasteiger partial charge on any atom is 0.168 e. The molecule has 1 aromatic carbocycles. The summed E-state index contributed by atoms with van der Waals surface area (Å²) in [6.07, 6.45) is 1.33. The maximum atomic E-state index is 12.1. The van der Waals surface area contributed by atoms with Crippen molar-refractivity contribution in [1.29, 1.82) is 0 Å². The summed E-state index contributed by atoms with van der Waals surface area (Å²) >= 11 is 5.04. The van der Waals surface area contributed by atoms with Crippen LogP contribution in [0.4, 0.5) is 0 Å². The topological polar surface area (TPSA) is 26.3 Å². The Morgan fingerprint density at radius 2 is 2.33 bits per heavy atom. The summed E-state index contributed by atoms with van der Waals surface area (Å²) < 4.78 is 6.65. The molecule has 1 aliphatic rings. The van der Waals surface area contributed by atoms with Gasteiger partial charge < -0.3 is 4.74 Å². The lowest BCUT2D eigenvalue weighted by molar-refractivity contribution is 0.0992. The third kappa shape index (κ3) is 2.22. The van der Waals surface area contributed by atoms with Gasteiger partial charge in [0.05, 0.1) is 6.61 Å². The summed E-state index contributed by atoms with van der Waals surface area (Å²) in [7, 11) is 0. The van der Waals surface area contributed by atoms with E-state index in [0.717, 1.165) is 27.8 Å². The predicted octanol–water partition coefficient (Wildman–Crippen LogP) is 3.87. The highest BCUT2D eigenvalue weighted by atomic mass is 79.9. The number of rotatable bonds is 3. The largest absolute Gasteiger partial charge is 0.493 e. The Bertz CT molecular complexity index is 590. The molecular weight excluding hydrogens is 312 g/mol. The second-order valence-corrected chi connectivity index (χ2v) is 5.96. The van der Waals surface area contributed by atoms with Gasteiger partial charge in [0, 0.05) is 33.8 Å². The predicted molar refractivity (Wildman–Crippen MR) is 75.7 cm³/mol. The highest BCUT2D eigenvalue weighted by Crippen LogP contribution is 2.33. The van der Waals surface area contributed by atoms with E-state index in [4.69, 9.17) is 4.74 Å². The van der Waals surface area contributed by atoms with Crippen molar-refractivity contribution in [3.63, 3.8) is 0 Å². The van der Waals surface area contributed by atoms with Crippen molar-refractivity contribution < 1.29 is 9.53 Å². The first kappa shape index (κ1) is 11.9. The first-order chi connectivity index (χ1) is 8.74. The fourth-order valence-corrected chi connectivity index (χ4v) is 3.39. The number of carbonyl (C=O) groups is 1. The minimum atomic E-state index is 0.145. The summed E-state index contributed by atoms with van der Waals surface area (Å²) in [6.45, 7) is 0.714. The van der Waals surface area contributed by atoms with Crippen LogP contribution in [-0.4, -0.2) is 12.4 Å². The van der Waals surface area contributed by atoms with Crippen molar-refractivity contribution in [2.24, 2.45) is 0 Å². The molecule has 92 valence electrons. The van der Waals surface area contributed by atoms with Crippen LogP contribution >= 0.6 is 27.3 Å². The second-order valence-electron chi connectivity index (χ2n) is 4.26. The molecule has 2 aromatic rings. The molecule has 1 aliphatic heterocycles. The fraction of sp³-hybridized carbons (Fsp3) is 0.214. The molecule has 2 heterocycles. The number of hydrogen-bond donors (Lipinski definition) is 0. The molecule has 18 heavy (non-hydrogen) atoms. The minimum absolute atomic E-state index is 0.145. The second kappa shape index (κ2) is 4.86. The van der Waals surface area contributed by atoms with E-state index in [-0.39, 0.29) is 5.78 Å². The van der Waals surface area contributed by atoms with Gasteiger partial charge in [-0.15, -0.1) is 0 Å². The number of thiophene rings is 1. The van der Waals surface area contributed by atoms with Gasteiger partial charge in [0.15, 0.2) is 5.78 Å². The molecule has 0 fully saturated rings. The van der Waals surface area contributed by atoms with Crippen LogP contribution in [0.5, 0.6) is 5.75 Å². The monoisotopic (exact) mass is 322 g/mol. The maximum absolute atomic E-state index is 12.1. The highest BCUT2D eigenvalue weighted by molar-refractivity contribution is 9.10. The van der Waals surface area contributed by atoms with Gasteiger partial charge in [0.25, 0.3) is 0 Å². The molecule has 0 spiro atoms. The van der Waals surface area contributed by atoms with Crippen molar-refractivity contribution in [1.82, 2.24) is 0 Å². The molecule has 0 saturated heterocycles. The Labute approximate surface area is 118 Å². The Balaban J connectivity index is 1.91. The first-order valence-corrected chi connectivity index (χ1v) is 7.47. The van der Waals surface area contributed by atoms with Crippen LogP contribution in [-0.2, 0) is 12.8 Å². The van der Waals surface area contributed by atoms with Crippen molar-refractivity contribution in [2.75, 3.05) is 6.61 Å². The normalized spacial score (nSPS) is 13.2. The van der Waals surface area contributed by atoms with Crippen LogP contribution in [0.2, 0.25) is 0 Å². The molecule has 0 aliphatic carbocycles. The molecule has 1 aromatic heterocycles. The number of hydrogen-bond acceptors (Lipinski definition) is 3. The van der Waals surface area contributed by atoms with Crippen LogP contribution in [0.25, 0.3) is 0 Å². The van der Waals surface area contributed by atoms with Crippen molar-refractivity contribution in [3.8, 4) is 5.75 Å². The fourth-order valence-electron chi connectivity index (χ4n) is 2.18. The van der Waals surface area contributed by atoms with E-state index in [1.54, 1.807) is 11.3 Å². The Hall–Kier alpha value is -1.13. The standard InChI is InChI=1S/C14H11BrO2S/c15-12-5-9-1-3-17-14(9)11(6-12)7-13(16)10-2-4-18-8-10/h2,4-6,8H,1,3,7H2. The summed E-state index contributed by atoms with van der Waals surface area (Å²) in [5.41, 5.74) is 2.96. The van der Waals surface area contributed by atoms with E-state index in [0.29, 0.717) is 13.0 Å². The van der Waals surface area contributed by atoms with Crippen molar-refractivity contribution >= 4 is 33.0 Å². The van der Waals surface area contributed by atoms with E-state index < -0.39 is 0 Å². The van der Waals surface area contributed by atoms with Gasteiger partial charge >= 0.3 is 0 Å². The Morgan fingerprint density at radius 1 is 1.44 bits per heavy atom. The van der Waals surface area contributed by atoms with Gasteiger partial charge in [0.1, 0.15) is 5.75 Å². The van der Waals surface area contributed by atoms with Gasteiger partial charge in [-0.05, 0) is 29.1 Å². The molecule has 0 N–H and O–H groups in total. The van der Waals surface area contributed by atoms with E-state index in [2.05, 4.69) is 22.0 Å². The Kier molecular flexibility index (Phi) is 3.22. The summed E-state index contributed by atoms with van der Waals surface area (Å²) in [5.74, 6) is 1.05. The molecule has 0 amide bonds. The third-order valence-electron chi connectivity index (χ3n) is 3.02. The SMILES string of the molecule is O=C(Cc1cc(Br)cc2c1OCC2)c1ccsc1. The van der Waals surface area contributed by atoms with E-state index in [1.165, 1.54) is 5.56 Å². The summed E-state index contributed by atoms with van der Waals surface area (Å²) in [6, 6.07) is 5.92. The number of fused-ring (bicyclic) bond motifs is 1. The number of benzene rings is 1. The number of ketones is 1. The molecule has 0 saturated carbocycles. The van der Waals surface area contributed by atoms with Crippen molar-refractivity contribution in [2.45, 2.75) is 12.8 Å². The average Bonchev–Trinajstić information content (AvgIpc) is 2.98. The molecule has 0 atom stereocenters. The lowest BCUT2D eigenvalue weighted by Gasteiger charge is -2.08. The quantitative estimate of drug-likeness (QED) is 0.802. The molecule has 0 bridgehead atoms. The van der Waals surface area contributed by atoms with Crippen LogP contribution in [0, 0.1) is 0 Å². The summed E-state index contributed by atoms with van der Waals surface area (Å²) in [5, 5.41) is 3.82. The minimum Gasteiger partial charge on any atom is -0.493 e. The van der Waals surface area contributed by atoms with E-state index >= 15 is 0 Å². The smallest absolute Gasteiger partial charge is 0.168 e. The average molecular weight is 323 g/mol. The molecule has 0 radical (unpaired) electrons. The van der Waals surface area contributed by atoms with Crippen LogP contribution in [0.1, 0.15) is 21.5 Å². The number of Topliss-reactive ketones (excluding diaryl/α,β-unsaturated/α-hetero) is 1. The van der Waals surface area contributed by atoms with Gasteiger partial charge in [-0.2, -0.15) is 11.3 Å². The number of carbonyl (C=O) groups excluding carboxylic acids is 1. The molecular formula is C14H11BrO2S. The van der Waals surface area contributed by atoms with E-state index in [1.807, 2.05) is 22.9 Å². The van der Waals surface area contributed by atoms with Gasteiger partial charge in [-0.1, -0.05) is 15.9 Å². The zero-order valence-electron chi connectivity index (χ0n) is 9.61.